The molecule has 0 spiro atoms. The third-order valence-electron chi connectivity index (χ3n) is 5.48. The predicted octanol–water partition coefficient (Wildman–Crippen LogP) is 5.84. The smallest absolute Gasteiger partial charge is 0.241 e. The molecule has 3 rings (SSSR count). The first-order valence-electron chi connectivity index (χ1n) is 9.84. The van der Waals surface area contributed by atoms with E-state index < -0.39 is 35.0 Å². The van der Waals surface area contributed by atoms with Crippen LogP contribution in [0.25, 0.3) is 0 Å². The van der Waals surface area contributed by atoms with E-state index in [1.165, 1.54) is 36.4 Å². The average molecular weight is 466 g/mol. The number of hydrogen-bond donors (Lipinski definition) is 2. The molecule has 1 aliphatic rings. The highest BCUT2D eigenvalue weighted by Gasteiger charge is 2.52. The van der Waals surface area contributed by atoms with E-state index in [2.05, 4.69) is 16.7 Å². The van der Waals surface area contributed by atoms with Crippen molar-refractivity contribution in [3.8, 4) is 6.07 Å². The molecule has 2 aromatic rings. The molecule has 0 saturated carbocycles. The quantitative estimate of drug-likeness (QED) is 0.595. The van der Waals surface area contributed by atoms with Crippen LogP contribution in [0.1, 0.15) is 39.2 Å². The molecule has 1 heterocycles. The molecule has 0 aromatic heterocycles. The Kier molecular flexibility index (Phi) is 6.61. The van der Waals surface area contributed by atoms with E-state index in [0.29, 0.717) is 6.42 Å². The summed E-state index contributed by atoms with van der Waals surface area (Å²) in [5.41, 5.74) is -1.37. The van der Waals surface area contributed by atoms with Crippen LogP contribution in [0.2, 0.25) is 10.0 Å². The van der Waals surface area contributed by atoms with Crippen molar-refractivity contribution in [1.82, 2.24) is 5.32 Å². The maximum absolute atomic E-state index is 14.9. The topological polar surface area (TPSA) is 64.9 Å². The largest absolute Gasteiger partial charge is 0.322 e. The summed E-state index contributed by atoms with van der Waals surface area (Å²) in [5.74, 6) is -1.86. The summed E-state index contributed by atoms with van der Waals surface area (Å²) in [5, 5.41) is 16.0. The van der Waals surface area contributed by atoms with E-state index in [4.69, 9.17) is 23.2 Å². The Bertz CT molecular complexity index is 1050. The Labute approximate surface area is 190 Å². The highest BCUT2D eigenvalue weighted by Crippen LogP contribution is 2.43. The third kappa shape index (κ3) is 4.85. The molecule has 0 radical (unpaired) electrons. The van der Waals surface area contributed by atoms with E-state index in [-0.39, 0.29) is 33.1 Å². The molecule has 3 unspecified atom stereocenters. The maximum Gasteiger partial charge on any atom is 0.241 e. The number of benzene rings is 2. The van der Waals surface area contributed by atoms with Crippen molar-refractivity contribution in [1.29, 1.82) is 5.26 Å². The van der Waals surface area contributed by atoms with Crippen LogP contribution in [0.4, 0.5) is 14.5 Å². The number of halogens is 4. The van der Waals surface area contributed by atoms with E-state index in [0.717, 1.165) is 0 Å². The summed E-state index contributed by atoms with van der Waals surface area (Å²) < 4.78 is 29.1. The normalized spacial score (nSPS) is 23.4. The highest BCUT2D eigenvalue weighted by molar-refractivity contribution is 6.31. The maximum atomic E-state index is 14.9. The SMILES string of the molecule is CC(C)(C)CC1NC(C(=O)Nc2cccc(Cl)c2F)CC1(C#N)c1ccc(Cl)cc1F. The van der Waals surface area contributed by atoms with E-state index in [1.54, 1.807) is 0 Å². The van der Waals surface area contributed by atoms with Gasteiger partial charge in [0.15, 0.2) is 5.82 Å². The van der Waals surface area contributed by atoms with Gasteiger partial charge in [0, 0.05) is 16.6 Å². The minimum absolute atomic E-state index is 0.0246. The molecule has 0 bridgehead atoms. The molecule has 164 valence electrons. The van der Waals surface area contributed by atoms with Gasteiger partial charge in [-0.1, -0.05) is 56.1 Å². The molecule has 1 fully saturated rings. The zero-order chi connectivity index (χ0) is 23.0. The minimum Gasteiger partial charge on any atom is -0.322 e. The molecule has 2 N–H and O–H groups in total. The monoisotopic (exact) mass is 465 g/mol. The average Bonchev–Trinajstić information content (AvgIpc) is 3.03. The number of anilines is 1. The Hall–Kier alpha value is -2.20. The molecule has 1 aliphatic heterocycles. The van der Waals surface area contributed by atoms with Gasteiger partial charge in [0.05, 0.1) is 22.8 Å². The van der Waals surface area contributed by atoms with Crippen LogP contribution < -0.4 is 10.6 Å². The first kappa shape index (κ1) is 23.5. The molecular formula is C23H23Cl2F2N3O. The second kappa shape index (κ2) is 8.74. The lowest BCUT2D eigenvalue weighted by atomic mass is 9.70. The van der Waals surface area contributed by atoms with Crippen LogP contribution in [0.15, 0.2) is 36.4 Å². The lowest BCUT2D eigenvalue weighted by Crippen LogP contribution is -2.44. The molecule has 1 amide bonds. The number of hydrogen-bond acceptors (Lipinski definition) is 3. The van der Waals surface area contributed by atoms with Gasteiger partial charge in [0.1, 0.15) is 11.2 Å². The van der Waals surface area contributed by atoms with Gasteiger partial charge in [-0.2, -0.15) is 5.26 Å². The predicted molar refractivity (Wildman–Crippen MR) is 118 cm³/mol. The van der Waals surface area contributed by atoms with Crippen LogP contribution in [-0.2, 0) is 10.2 Å². The zero-order valence-corrected chi connectivity index (χ0v) is 18.9. The fourth-order valence-corrected chi connectivity index (χ4v) is 4.41. The van der Waals surface area contributed by atoms with Gasteiger partial charge in [-0.25, -0.2) is 8.78 Å². The molecule has 31 heavy (non-hydrogen) atoms. The van der Waals surface area contributed by atoms with Gasteiger partial charge in [-0.05, 0) is 42.5 Å². The molecule has 8 heteroatoms. The summed E-state index contributed by atoms with van der Waals surface area (Å²) in [6, 6.07) is 9.43. The van der Waals surface area contributed by atoms with Crippen LogP contribution in [0, 0.1) is 28.4 Å². The van der Waals surface area contributed by atoms with Crippen LogP contribution in [-0.4, -0.2) is 18.0 Å². The Morgan fingerprint density at radius 2 is 2.00 bits per heavy atom. The van der Waals surface area contributed by atoms with Gasteiger partial charge in [0.25, 0.3) is 0 Å². The van der Waals surface area contributed by atoms with Crippen molar-refractivity contribution in [2.24, 2.45) is 5.41 Å². The molecule has 1 saturated heterocycles. The van der Waals surface area contributed by atoms with Crippen molar-refractivity contribution < 1.29 is 13.6 Å². The summed E-state index contributed by atoms with van der Waals surface area (Å²) >= 11 is 11.7. The summed E-state index contributed by atoms with van der Waals surface area (Å²) in [4.78, 5) is 13.0. The minimum atomic E-state index is -1.29. The van der Waals surface area contributed by atoms with Crippen molar-refractivity contribution in [3.63, 3.8) is 0 Å². The summed E-state index contributed by atoms with van der Waals surface area (Å²) in [6.45, 7) is 6.01. The highest BCUT2D eigenvalue weighted by atomic mass is 35.5. The molecule has 3 atom stereocenters. The van der Waals surface area contributed by atoms with Gasteiger partial charge >= 0.3 is 0 Å². The standard InChI is InChI=1S/C23H23Cl2F2N3O/c1-22(2,3)11-19-23(12-28,14-8-7-13(24)9-16(14)26)10-18(29-19)21(31)30-17-6-4-5-15(25)20(17)27/h4-9,18-19,29H,10-11H2,1-3H3,(H,30,31). The van der Waals surface area contributed by atoms with E-state index >= 15 is 0 Å². The summed E-state index contributed by atoms with van der Waals surface area (Å²) in [7, 11) is 0. The molecular weight excluding hydrogens is 443 g/mol. The van der Waals surface area contributed by atoms with Gasteiger partial charge < -0.3 is 10.6 Å². The van der Waals surface area contributed by atoms with Gasteiger partial charge in [-0.15, -0.1) is 0 Å². The lowest BCUT2D eigenvalue weighted by Gasteiger charge is -2.33. The summed E-state index contributed by atoms with van der Waals surface area (Å²) in [6.07, 6.45) is 0.536. The number of nitrogens with zero attached hydrogens (tertiary/aromatic N) is 1. The van der Waals surface area contributed by atoms with Crippen molar-refractivity contribution in [3.05, 3.63) is 63.6 Å². The number of amides is 1. The fourth-order valence-electron chi connectivity index (χ4n) is 4.08. The number of nitrogens with one attached hydrogen (secondary N) is 2. The first-order chi connectivity index (χ1) is 14.5. The van der Waals surface area contributed by atoms with E-state index in [1.807, 2.05) is 20.8 Å². The number of carbonyl (C=O) groups excluding carboxylic acids is 1. The van der Waals surface area contributed by atoms with E-state index in [9.17, 15) is 18.8 Å². The first-order valence-corrected chi connectivity index (χ1v) is 10.6. The molecule has 4 nitrogen and oxygen atoms in total. The molecule has 0 aliphatic carbocycles. The number of rotatable bonds is 4. The van der Waals surface area contributed by atoms with Crippen LogP contribution in [0.5, 0.6) is 0 Å². The Morgan fingerprint density at radius 3 is 2.61 bits per heavy atom. The second-order valence-electron chi connectivity index (χ2n) is 9.04. The number of nitriles is 1. The van der Waals surface area contributed by atoms with Crippen molar-refractivity contribution in [2.75, 3.05) is 5.32 Å². The van der Waals surface area contributed by atoms with Gasteiger partial charge in [0.2, 0.25) is 5.91 Å². The Morgan fingerprint density at radius 1 is 1.29 bits per heavy atom. The van der Waals surface area contributed by atoms with Crippen molar-refractivity contribution in [2.45, 2.75) is 51.1 Å². The lowest BCUT2D eigenvalue weighted by molar-refractivity contribution is -0.117. The van der Waals surface area contributed by atoms with Crippen molar-refractivity contribution >= 4 is 34.8 Å². The number of carbonyl (C=O) groups is 1. The van der Waals surface area contributed by atoms with Crippen LogP contribution in [0.3, 0.4) is 0 Å². The second-order valence-corrected chi connectivity index (χ2v) is 9.88. The zero-order valence-electron chi connectivity index (χ0n) is 17.4. The van der Waals surface area contributed by atoms with Crippen LogP contribution >= 0.6 is 23.2 Å². The molecule has 2 aromatic carbocycles. The fraction of sp³-hybridized carbons (Fsp3) is 0.391. The third-order valence-corrected chi connectivity index (χ3v) is 6.00. The Balaban J connectivity index is 1.97. The van der Waals surface area contributed by atoms with Gasteiger partial charge in [-0.3, -0.25) is 4.79 Å².